The lowest BCUT2D eigenvalue weighted by Gasteiger charge is -2.14. The molecule has 86 valence electrons. The average Bonchev–Trinajstić information content (AvgIpc) is 2.36. The molecule has 1 N–H and O–H groups in total. The quantitative estimate of drug-likeness (QED) is 0.854. The Morgan fingerprint density at radius 2 is 1.88 bits per heavy atom. The molecule has 0 radical (unpaired) electrons. The van der Waals surface area contributed by atoms with Gasteiger partial charge in [0.05, 0.1) is 17.7 Å². The Morgan fingerprint density at radius 3 is 2.35 bits per heavy atom. The zero-order chi connectivity index (χ0) is 12.9. The minimum Gasteiger partial charge on any atom is -0.351 e. The second-order valence-corrected chi connectivity index (χ2v) is 4.23. The number of benzene rings is 1. The van der Waals surface area contributed by atoms with E-state index in [4.69, 9.17) is 10.5 Å². The van der Waals surface area contributed by atoms with Crippen LogP contribution in [0.3, 0.4) is 0 Å². The van der Waals surface area contributed by atoms with Crippen LogP contribution in [0.2, 0.25) is 0 Å². The van der Waals surface area contributed by atoms with Gasteiger partial charge in [0.1, 0.15) is 5.41 Å². The van der Waals surface area contributed by atoms with Gasteiger partial charge in [0.25, 0.3) is 0 Å². The summed E-state index contributed by atoms with van der Waals surface area (Å²) in [6.07, 6.45) is 0. The van der Waals surface area contributed by atoms with Crippen molar-refractivity contribution >= 4 is 5.91 Å². The topological polar surface area (TPSA) is 76.7 Å². The van der Waals surface area contributed by atoms with Crippen molar-refractivity contribution in [3.05, 3.63) is 35.4 Å². The van der Waals surface area contributed by atoms with Gasteiger partial charge in [-0.05, 0) is 31.5 Å². The van der Waals surface area contributed by atoms with Crippen LogP contribution in [-0.2, 0) is 11.3 Å². The van der Waals surface area contributed by atoms with Crippen molar-refractivity contribution in [2.75, 3.05) is 0 Å². The van der Waals surface area contributed by atoms with Crippen molar-refractivity contribution in [1.29, 1.82) is 10.5 Å². The highest BCUT2D eigenvalue weighted by Crippen LogP contribution is 2.13. The number of nitriles is 2. The molecule has 0 atom stereocenters. The number of amides is 1. The first-order valence-corrected chi connectivity index (χ1v) is 5.18. The molecule has 0 bridgehead atoms. The molecule has 0 heterocycles. The van der Waals surface area contributed by atoms with Crippen LogP contribution in [0.25, 0.3) is 0 Å². The van der Waals surface area contributed by atoms with Crippen molar-refractivity contribution in [3.63, 3.8) is 0 Å². The Bertz CT molecular complexity index is 489. The molecule has 0 fully saturated rings. The summed E-state index contributed by atoms with van der Waals surface area (Å²) >= 11 is 0. The van der Waals surface area contributed by atoms with Crippen LogP contribution in [0.1, 0.15) is 25.0 Å². The molecule has 0 aliphatic rings. The van der Waals surface area contributed by atoms with E-state index in [0.717, 1.165) is 5.56 Å². The molecule has 1 aromatic carbocycles. The molecule has 4 heteroatoms. The lowest BCUT2D eigenvalue weighted by atomic mass is 9.95. The van der Waals surface area contributed by atoms with Crippen molar-refractivity contribution in [2.24, 2.45) is 5.41 Å². The van der Waals surface area contributed by atoms with E-state index in [0.29, 0.717) is 12.1 Å². The predicted molar refractivity (Wildman–Crippen MR) is 62.4 cm³/mol. The van der Waals surface area contributed by atoms with E-state index in [9.17, 15) is 4.79 Å². The van der Waals surface area contributed by atoms with E-state index < -0.39 is 5.41 Å². The third-order valence-electron chi connectivity index (χ3n) is 2.38. The van der Waals surface area contributed by atoms with Gasteiger partial charge in [-0.2, -0.15) is 10.5 Å². The van der Waals surface area contributed by atoms with Crippen LogP contribution >= 0.6 is 0 Å². The monoisotopic (exact) mass is 227 g/mol. The second-order valence-electron chi connectivity index (χ2n) is 4.23. The Morgan fingerprint density at radius 1 is 1.29 bits per heavy atom. The van der Waals surface area contributed by atoms with E-state index in [-0.39, 0.29) is 5.91 Å². The van der Waals surface area contributed by atoms with Gasteiger partial charge in [-0.1, -0.05) is 12.1 Å². The predicted octanol–water partition coefficient (Wildman–Crippen LogP) is 1.72. The Balaban J connectivity index is 2.60. The van der Waals surface area contributed by atoms with Crippen LogP contribution in [0.5, 0.6) is 0 Å². The summed E-state index contributed by atoms with van der Waals surface area (Å²) in [6.45, 7) is 3.50. The summed E-state index contributed by atoms with van der Waals surface area (Å²) in [5.41, 5.74) is 0.454. The highest BCUT2D eigenvalue weighted by Gasteiger charge is 2.26. The third kappa shape index (κ3) is 3.32. The van der Waals surface area contributed by atoms with Crippen molar-refractivity contribution in [3.8, 4) is 12.1 Å². The number of hydrogen-bond acceptors (Lipinski definition) is 3. The maximum absolute atomic E-state index is 11.6. The van der Waals surface area contributed by atoms with Gasteiger partial charge in [0.2, 0.25) is 5.91 Å². The summed E-state index contributed by atoms with van der Waals surface area (Å²) < 4.78 is 0. The van der Waals surface area contributed by atoms with Crippen LogP contribution in [-0.4, -0.2) is 5.91 Å². The van der Waals surface area contributed by atoms with Gasteiger partial charge < -0.3 is 5.32 Å². The SMILES string of the molecule is CC(C)(C#N)C(=O)NCc1ccc(C#N)cc1. The molecule has 0 aliphatic carbocycles. The van der Waals surface area contributed by atoms with Crippen molar-refractivity contribution in [2.45, 2.75) is 20.4 Å². The van der Waals surface area contributed by atoms with Gasteiger partial charge in [-0.25, -0.2) is 0 Å². The molecule has 0 unspecified atom stereocenters. The van der Waals surface area contributed by atoms with Crippen molar-refractivity contribution in [1.82, 2.24) is 5.32 Å². The summed E-state index contributed by atoms with van der Waals surface area (Å²) in [7, 11) is 0. The van der Waals surface area contributed by atoms with E-state index in [2.05, 4.69) is 5.32 Å². The number of nitrogens with zero attached hydrogens (tertiary/aromatic N) is 2. The van der Waals surface area contributed by atoms with Crippen LogP contribution in [0.15, 0.2) is 24.3 Å². The van der Waals surface area contributed by atoms with Gasteiger partial charge in [0.15, 0.2) is 0 Å². The van der Waals surface area contributed by atoms with Crippen LogP contribution in [0, 0.1) is 28.1 Å². The van der Waals surface area contributed by atoms with Crippen LogP contribution in [0.4, 0.5) is 0 Å². The largest absolute Gasteiger partial charge is 0.351 e. The van der Waals surface area contributed by atoms with Crippen molar-refractivity contribution < 1.29 is 4.79 Å². The first kappa shape index (κ1) is 12.7. The average molecular weight is 227 g/mol. The normalized spacial score (nSPS) is 10.1. The van der Waals surface area contributed by atoms with E-state index in [1.54, 1.807) is 38.1 Å². The number of nitrogens with one attached hydrogen (secondary N) is 1. The molecule has 0 aromatic heterocycles. The smallest absolute Gasteiger partial charge is 0.240 e. The van der Waals surface area contributed by atoms with Crippen LogP contribution < -0.4 is 5.32 Å². The summed E-state index contributed by atoms with van der Waals surface area (Å²) in [6, 6.07) is 10.9. The molecule has 1 amide bonds. The van der Waals surface area contributed by atoms with Gasteiger partial charge >= 0.3 is 0 Å². The Labute approximate surface area is 100 Å². The minimum atomic E-state index is -1.02. The zero-order valence-corrected chi connectivity index (χ0v) is 9.82. The molecule has 0 spiro atoms. The fourth-order valence-corrected chi connectivity index (χ4v) is 1.15. The van der Waals surface area contributed by atoms with Gasteiger partial charge in [0, 0.05) is 6.54 Å². The standard InChI is InChI=1S/C13H13N3O/c1-13(2,9-15)12(17)16-8-11-5-3-10(7-14)4-6-11/h3-6H,8H2,1-2H3,(H,16,17). The fourth-order valence-electron chi connectivity index (χ4n) is 1.15. The lowest BCUT2D eigenvalue weighted by molar-refractivity contribution is -0.126. The Kier molecular flexibility index (Phi) is 3.85. The molecular formula is C13H13N3O. The molecule has 0 aliphatic heterocycles. The van der Waals surface area contributed by atoms with E-state index in [1.165, 1.54) is 0 Å². The van der Waals surface area contributed by atoms with Gasteiger partial charge in [-0.15, -0.1) is 0 Å². The van der Waals surface area contributed by atoms with E-state index >= 15 is 0 Å². The van der Waals surface area contributed by atoms with E-state index in [1.807, 2.05) is 12.1 Å². The fraction of sp³-hybridized carbons (Fsp3) is 0.308. The second kappa shape index (κ2) is 5.14. The Hall–Kier alpha value is -2.33. The zero-order valence-electron chi connectivity index (χ0n) is 9.82. The maximum Gasteiger partial charge on any atom is 0.240 e. The third-order valence-corrected chi connectivity index (χ3v) is 2.38. The first-order chi connectivity index (χ1) is 7.99. The molecule has 17 heavy (non-hydrogen) atoms. The molecule has 1 aromatic rings. The maximum atomic E-state index is 11.6. The highest BCUT2D eigenvalue weighted by atomic mass is 16.2. The number of hydrogen-bond donors (Lipinski definition) is 1. The molecular weight excluding hydrogens is 214 g/mol. The molecule has 1 rings (SSSR count). The number of rotatable bonds is 3. The summed E-state index contributed by atoms with van der Waals surface area (Å²) in [5.74, 6) is -0.302. The highest BCUT2D eigenvalue weighted by molar-refractivity contribution is 5.84. The molecule has 0 saturated heterocycles. The number of carbonyl (C=O) groups is 1. The summed E-state index contributed by atoms with van der Waals surface area (Å²) in [5, 5.41) is 20.1. The number of carbonyl (C=O) groups excluding carboxylic acids is 1. The lowest BCUT2D eigenvalue weighted by Crippen LogP contribution is -2.35. The molecule has 4 nitrogen and oxygen atoms in total. The van der Waals surface area contributed by atoms with Gasteiger partial charge in [-0.3, -0.25) is 4.79 Å². The first-order valence-electron chi connectivity index (χ1n) is 5.18. The summed E-state index contributed by atoms with van der Waals surface area (Å²) in [4.78, 5) is 11.6. The minimum absolute atomic E-state index is 0.302. The molecule has 0 saturated carbocycles.